The molecule has 0 radical (unpaired) electrons. The number of amides is 1. The fraction of sp³-hybridized carbons (Fsp3) is 0.381. The van der Waals surface area contributed by atoms with Crippen LogP contribution in [0.15, 0.2) is 48.5 Å². The maximum atomic E-state index is 14.0. The molecule has 5 heteroatoms. The summed E-state index contributed by atoms with van der Waals surface area (Å²) in [5, 5.41) is 1.32. The van der Waals surface area contributed by atoms with E-state index in [1.54, 1.807) is 6.92 Å². The van der Waals surface area contributed by atoms with E-state index in [2.05, 4.69) is 55.9 Å². The van der Waals surface area contributed by atoms with Crippen LogP contribution in [0.2, 0.25) is 0 Å². The Morgan fingerprint density at radius 1 is 1.15 bits per heavy atom. The van der Waals surface area contributed by atoms with Gasteiger partial charge in [0.15, 0.2) is 0 Å². The smallest absolute Gasteiger partial charge is 0.207 e. The molecule has 1 amide bonds. The molecular formula is C21H26FN2OP. The standard InChI is InChI=1S/C21H26FN2OP/c1-21(22,26)19-6-4-17(5-7-19)18-10-12-24(13-11-18)20-8-2-16(3-9-20)14-23-15-25/h2-9,15,18H,10-14,26H2,1H3,(H,23,25). The zero-order chi connectivity index (χ0) is 18.6. The third-order valence-electron chi connectivity index (χ3n) is 5.13. The molecule has 138 valence electrons. The number of carbonyl (C=O) groups excluding carboxylic acids is 1. The molecule has 1 saturated heterocycles. The second kappa shape index (κ2) is 8.18. The highest BCUT2D eigenvalue weighted by atomic mass is 31.0. The summed E-state index contributed by atoms with van der Waals surface area (Å²) >= 11 is 0. The highest BCUT2D eigenvalue weighted by Gasteiger charge is 2.23. The van der Waals surface area contributed by atoms with E-state index in [9.17, 15) is 9.18 Å². The lowest BCUT2D eigenvalue weighted by atomic mass is 9.88. The first-order valence-corrected chi connectivity index (χ1v) is 9.64. The van der Waals surface area contributed by atoms with Crippen molar-refractivity contribution in [3.05, 3.63) is 65.2 Å². The van der Waals surface area contributed by atoms with Gasteiger partial charge >= 0.3 is 0 Å². The Hall–Kier alpha value is -1.93. The highest BCUT2D eigenvalue weighted by molar-refractivity contribution is 7.18. The first kappa shape index (κ1) is 18.8. The van der Waals surface area contributed by atoms with Crippen LogP contribution in [-0.2, 0) is 16.7 Å². The molecule has 2 atom stereocenters. The Morgan fingerprint density at radius 3 is 2.31 bits per heavy atom. The van der Waals surface area contributed by atoms with Crippen molar-refractivity contribution in [2.24, 2.45) is 0 Å². The monoisotopic (exact) mass is 372 g/mol. The van der Waals surface area contributed by atoms with Crippen LogP contribution < -0.4 is 10.2 Å². The van der Waals surface area contributed by atoms with Crippen molar-refractivity contribution in [2.75, 3.05) is 18.0 Å². The molecule has 0 bridgehead atoms. The number of hydrogen-bond donors (Lipinski definition) is 1. The lowest BCUT2D eigenvalue weighted by Crippen LogP contribution is -2.32. The van der Waals surface area contributed by atoms with Crippen LogP contribution in [0, 0.1) is 0 Å². The van der Waals surface area contributed by atoms with Gasteiger partial charge in [-0.05, 0) is 54.5 Å². The van der Waals surface area contributed by atoms with Crippen LogP contribution in [0.1, 0.15) is 42.4 Å². The van der Waals surface area contributed by atoms with E-state index in [1.807, 2.05) is 12.1 Å². The van der Waals surface area contributed by atoms with Crippen molar-refractivity contribution in [3.8, 4) is 0 Å². The average molecular weight is 372 g/mol. The van der Waals surface area contributed by atoms with Crippen molar-refractivity contribution in [1.29, 1.82) is 0 Å². The summed E-state index contributed by atoms with van der Waals surface area (Å²) < 4.78 is 14.0. The molecule has 0 aromatic heterocycles. The number of benzene rings is 2. The van der Waals surface area contributed by atoms with Crippen LogP contribution >= 0.6 is 9.24 Å². The Bertz CT molecular complexity index is 717. The third-order valence-corrected chi connectivity index (χ3v) is 5.47. The number of piperidine rings is 1. The molecule has 0 spiro atoms. The van der Waals surface area contributed by atoms with Crippen molar-refractivity contribution in [3.63, 3.8) is 0 Å². The summed E-state index contributed by atoms with van der Waals surface area (Å²) in [6.07, 6.45) is 2.92. The van der Waals surface area contributed by atoms with E-state index < -0.39 is 5.41 Å². The fourth-order valence-electron chi connectivity index (χ4n) is 3.54. The zero-order valence-electron chi connectivity index (χ0n) is 15.1. The molecule has 2 aromatic rings. The van der Waals surface area contributed by atoms with Gasteiger partial charge in [-0.25, -0.2) is 4.39 Å². The van der Waals surface area contributed by atoms with Crippen molar-refractivity contribution >= 4 is 21.3 Å². The van der Waals surface area contributed by atoms with Gasteiger partial charge in [0, 0.05) is 25.3 Å². The molecule has 1 fully saturated rings. The van der Waals surface area contributed by atoms with E-state index >= 15 is 0 Å². The number of halogens is 1. The summed E-state index contributed by atoms with van der Waals surface area (Å²) in [6.45, 7) is 4.16. The molecule has 1 N–H and O–H groups in total. The number of alkyl halides is 1. The molecule has 2 aromatic carbocycles. The first-order valence-electron chi connectivity index (χ1n) is 9.06. The maximum absolute atomic E-state index is 14.0. The van der Waals surface area contributed by atoms with Gasteiger partial charge in [0.25, 0.3) is 0 Å². The van der Waals surface area contributed by atoms with Gasteiger partial charge in [-0.2, -0.15) is 0 Å². The van der Waals surface area contributed by atoms with Gasteiger partial charge in [-0.3, -0.25) is 4.79 Å². The van der Waals surface area contributed by atoms with Crippen molar-refractivity contribution < 1.29 is 9.18 Å². The largest absolute Gasteiger partial charge is 0.371 e. The van der Waals surface area contributed by atoms with Crippen LogP contribution in [0.4, 0.5) is 10.1 Å². The topological polar surface area (TPSA) is 32.3 Å². The average Bonchev–Trinajstić information content (AvgIpc) is 2.66. The van der Waals surface area contributed by atoms with Crippen LogP contribution in [0.5, 0.6) is 0 Å². The molecule has 1 aliphatic rings. The summed E-state index contributed by atoms with van der Waals surface area (Å²) in [4.78, 5) is 12.8. The third kappa shape index (κ3) is 4.62. The fourth-order valence-corrected chi connectivity index (χ4v) is 3.73. The molecule has 3 rings (SSSR count). The van der Waals surface area contributed by atoms with E-state index in [4.69, 9.17) is 0 Å². The lowest BCUT2D eigenvalue weighted by Gasteiger charge is -2.34. The summed E-state index contributed by atoms with van der Waals surface area (Å²) in [5.41, 5.74) is 4.33. The molecule has 26 heavy (non-hydrogen) atoms. The van der Waals surface area contributed by atoms with Crippen molar-refractivity contribution in [1.82, 2.24) is 5.32 Å². The number of carbonyl (C=O) groups is 1. The van der Waals surface area contributed by atoms with Crippen LogP contribution in [0.25, 0.3) is 0 Å². The summed E-state index contributed by atoms with van der Waals surface area (Å²) in [6, 6.07) is 16.3. The lowest BCUT2D eigenvalue weighted by molar-refractivity contribution is -0.109. The first-order chi connectivity index (χ1) is 12.5. The molecule has 0 saturated carbocycles. The number of anilines is 1. The number of rotatable bonds is 6. The van der Waals surface area contributed by atoms with Gasteiger partial charge in [0.1, 0.15) is 5.41 Å². The minimum atomic E-state index is -1.37. The molecule has 2 unspecified atom stereocenters. The van der Waals surface area contributed by atoms with Gasteiger partial charge in [-0.1, -0.05) is 45.6 Å². The highest BCUT2D eigenvalue weighted by Crippen LogP contribution is 2.35. The minimum absolute atomic E-state index is 0.534. The van der Waals surface area contributed by atoms with Crippen LogP contribution in [0.3, 0.4) is 0 Å². The quantitative estimate of drug-likeness (QED) is 0.605. The predicted octanol–water partition coefficient (Wildman–Crippen LogP) is 4.33. The SMILES string of the molecule is CC(F)(P)c1ccc(C2CCN(c3ccc(CNC=O)cc3)CC2)cc1. The van der Waals surface area contributed by atoms with Crippen LogP contribution in [-0.4, -0.2) is 19.5 Å². The van der Waals surface area contributed by atoms with Gasteiger partial charge in [0.05, 0.1) is 0 Å². The van der Waals surface area contributed by atoms with E-state index in [1.165, 1.54) is 11.3 Å². The Kier molecular flexibility index (Phi) is 5.93. The van der Waals surface area contributed by atoms with Gasteiger partial charge in [0.2, 0.25) is 6.41 Å². The summed E-state index contributed by atoms with van der Waals surface area (Å²) in [7, 11) is 2.25. The molecule has 0 aliphatic carbocycles. The summed E-state index contributed by atoms with van der Waals surface area (Å²) in [5.74, 6) is 0.534. The molecule has 1 heterocycles. The number of hydrogen-bond acceptors (Lipinski definition) is 2. The van der Waals surface area contributed by atoms with Gasteiger partial charge in [-0.15, -0.1) is 0 Å². The predicted molar refractivity (Wildman–Crippen MR) is 108 cm³/mol. The second-order valence-electron chi connectivity index (χ2n) is 7.12. The van der Waals surface area contributed by atoms with Crippen molar-refractivity contribution in [2.45, 2.75) is 37.6 Å². The zero-order valence-corrected chi connectivity index (χ0v) is 16.3. The van der Waals surface area contributed by atoms with E-state index in [-0.39, 0.29) is 0 Å². The molecule has 3 nitrogen and oxygen atoms in total. The number of nitrogens with zero attached hydrogens (tertiary/aromatic N) is 1. The number of nitrogens with one attached hydrogen (secondary N) is 1. The molecular weight excluding hydrogens is 346 g/mol. The van der Waals surface area contributed by atoms with Gasteiger partial charge < -0.3 is 10.2 Å². The Balaban J connectivity index is 1.58. The Morgan fingerprint density at radius 2 is 1.77 bits per heavy atom. The Labute approximate surface area is 157 Å². The van der Waals surface area contributed by atoms with E-state index in [0.29, 0.717) is 18.0 Å². The molecule has 1 aliphatic heterocycles. The second-order valence-corrected chi connectivity index (χ2v) is 8.21. The maximum Gasteiger partial charge on any atom is 0.207 e. The normalized spacial score (nSPS) is 17.6. The van der Waals surface area contributed by atoms with E-state index in [0.717, 1.165) is 37.9 Å². The minimum Gasteiger partial charge on any atom is -0.371 e.